The van der Waals surface area contributed by atoms with Crippen LogP contribution in [-0.2, 0) is 14.2 Å². The minimum absolute atomic E-state index is 0.0804. The molecule has 0 spiro atoms. The summed E-state index contributed by atoms with van der Waals surface area (Å²) in [6.45, 7) is -1.42. The first-order chi connectivity index (χ1) is 15.2. The molecule has 2 aliphatic heterocycles. The average Bonchev–Trinajstić information content (AvgIpc) is 2.79. The maximum absolute atomic E-state index is 10.7. The first-order valence-corrected chi connectivity index (χ1v) is 9.67. The lowest BCUT2D eigenvalue weighted by molar-refractivity contribution is -0.384. The number of hydrogen-bond donors (Lipinski definition) is 7. The monoisotopic (exact) mass is 463 g/mol. The number of nitro benzene ring substituents is 1. The van der Waals surface area contributed by atoms with Gasteiger partial charge in [-0.3, -0.25) is 10.1 Å². The van der Waals surface area contributed by atoms with Gasteiger partial charge in [-0.05, 0) is 12.1 Å². The van der Waals surface area contributed by atoms with E-state index in [1.54, 1.807) is 0 Å². The molecule has 3 rings (SSSR count). The van der Waals surface area contributed by atoms with Crippen molar-refractivity contribution in [2.24, 2.45) is 0 Å². The molecule has 14 nitrogen and oxygen atoms in total. The van der Waals surface area contributed by atoms with Gasteiger partial charge in [-0.1, -0.05) is 0 Å². The number of nitro groups is 1. The number of benzene rings is 1. The van der Waals surface area contributed by atoms with Crippen LogP contribution in [0.4, 0.5) is 5.69 Å². The van der Waals surface area contributed by atoms with E-state index in [9.17, 15) is 45.9 Å². The highest BCUT2D eigenvalue weighted by atomic mass is 16.7. The summed E-state index contributed by atoms with van der Waals surface area (Å²) >= 11 is 0. The van der Waals surface area contributed by atoms with Crippen molar-refractivity contribution in [3.8, 4) is 5.75 Å². The molecule has 180 valence electrons. The van der Waals surface area contributed by atoms with Crippen LogP contribution >= 0.6 is 0 Å². The number of aliphatic hydroxyl groups is 7. The van der Waals surface area contributed by atoms with Gasteiger partial charge in [-0.2, -0.15) is 0 Å². The number of nitrogens with zero attached hydrogens (tertiary/aromatic N) is 1. The lowest BCUT2D eigenvalue weighted by atomic mass is 9.97. The SMILES string of the molecule is O=[N+]([O-])c1ccc(O[C@H]2O[C@H](CO)[C@@H](O[C@H]3O[C@H](CO)[C@@H](O)[C@H](O)[C@H]3O)[C@H](O)[C@H]2O)cc1. The summed E-state index contributed by atoms with van der Waals surface area (Å²) in [6.07, 6.45) is -15.7. The summed E-state index contributed by atoms with van der Waals surface area (Å²) in [7, 11) is 0. The molecule has 2 aliphatic rings. The third kappa shape index (κ3) is 4.99. The van der Waals surface area contributed by atoms with Crippen molar-refractivity contribution in [2.75, 3.05) is 13.2 Å². The second-order valence-corrected chi connectivity index (χ2v) is 7.37. The quantitative estimate of drug-likeness (QED) is 0.155. The molecule has 14 heteroatoms. The van der Waals surface area contributed by atoms with Gasteiger partial charge >= 0.3 is 0 Å². The van der Waals surface area contributed by atoms with Crippen LogP contribution in [0.15, 0.2) is 24.3 Å². The molecule has 0 bridgehead atoms. The lowest BCUT2D eigenvalue weighted by Gasteiger charge is -2.45. The van der Waals surface area contributed by atoms with E-state index >= 15 is 0 Å². The number of non-ortho nitro benzene ring substituents is 1. The minimum Gasteiger partial charge on any atom is -0.462 e. The van der Waals surface area contributed by atoms with E-state index in [1.807, 2.05) is 0 Å². The number of aliphatic hydroxyl groups excluding tert-OH is 7. The molecule has 0 aromatic heterocycles. The van der Waals surface area contributed by atoms with Crippen LogP contribution in [0, 0.1) is 10.1 Å². The van der Waals surface area contributed by atoms with Gasteiger partial charge in [0.05, 0.1) is 18.1 Å². The highest BCUT2D eigenvalue weighted by Gasteiger charge is 2.51. The van der Waals surface area contributed by atoms with Gasteiger partial charge in [0.1, 0.15) is 54.6 Å². The largest absolute Gasteiger partial charge is 0.462 e. The molecule has 0 saturated carbocycles. The van der Waals surface area contributed by atoms with Crippen molar-refractivity contribution in [3.05, 3.63) is 34.4 Å². The van der Waals surface area contributed by atoms with E-state index < -0.39 is 79.5 Å². The van der Waals surface area contributed by atoms with Gasteiger partial charge in [0.15, 0.2) is 6.29 Å². The van der Waals surface area contributed by atoms with Crippen LogP contribution < -0.4 is 4.74 Å². The molecule has 7 N–H and O–H groups in total. The number of hydrogen-bond acceptors (Lipinski definition) is 13. The Bertz CT molecular complexity index is 760. The van der Waals surface area contributed by atoms with Gasteiger partial charge in [0, 0.05) is 12.1 Å². The molecule has 1 aromatic carbocycles. The average molecular weight is 463 g/mol. The van der Waals surface area contributed by atoms with Crippen molar-refractivity contribution in [2.45, 2.75) is 61.4 Å². The topological polar surface area (TPSA) is 222 Å². The second-order valence-electron chi connectivity index (χ2n) is 7.37. The van der Waals surface area contributed by atoms with Crippen molar-refractivity contribution < 1.29 is 59.6 Å². The molecule has 2 fully saturated rings. The molecule has 0 unspecified atom stereocenters. The fourth-order valence-electron chi connectivity index (χ4n) is 3.43. The van der Waals surface area contributed by atoms with Crippen molar-refractivity contribution >= 4 is 5.69 Å². The first-order valence-electron chi connectivity index (χ1n) is 9.67. The summed E-state index contributed by atoms with van der Waals surface area (Å²) in [5.74, 6) is 0.0804. The van der Waals surface area contributed by atoms with Gasteiger partial charge in [-0.25, -0.2) is 0 Å². The van der Waals surface area contributed by atoms with Crippen LogP contribution in [0.2, 0.25) is 0 Å². The predicted molar refractivity (Wildman–Crippen MR) is 100 cm³/mol. The van der Waals surface area contributed by atoms with E-state index in [4.69, 9.17) is 18.9 Å². The highest BCUT2D eigenvalue weighted by Crippen LogP contribution is 2.30. The Hall–Kier alpha value is -1.98. The maximum Gasteiger partial charge on any atom is 0.269 e. The van der Waals surface area contributed by atoms with Gasteiger partial charge in [-0.15, -0.1) is 0 Å². The second kappa shape index (κ2) is 10.3. The summed E-state index contributed by atoms with van der Waals surface area (Å²) in [4.78, 5) is 10.1. The normalized spacial score (nSPS) is 40.1. The van der Waals surface area contributed by atoms with E-state index in [0.29, 0.717) is 0 Å². The summed E-state index contributed by atoms with van der Waals surface area (Å²) in [5.41, 5.74) is -0.191. The Balaban J connectivity index is 1.70. The fraction of sp³-hybridized carbons (Fsp3) is 0.667. The first kappa shape index (κ1) is 24.7. The Kier molecular flexibility index (Phi) is 7.94. The minimum atomic E-state index is -1.77. The molecular formula is C18H25NO13. The molecule has 1 aromatic rings. The third-order valence-corrected chi connectivity index (χ3v) is 5.26. The van der Waals surface area contributed by atoms with E-state index in [1.165, 1.54) is 12.1 Å². The van der Waals surface area contributed by atoms with Crippen LogP contribution in [0.3, 0.4) is 0 Å². The standard InChI is InChI=1S/C18H25NO13/c20-5-9-11(22)12(23)14(25)18(30-9)32-16-10(6-21)31-17(15(26)13(16)24)29-8-3-1-7(2-4-8)19(27)28/h1-4,9-18,20-26H,5-6H2/t9-,10-,11-,12+,13-,14-,15-,16-,17+,18-/m1/s1. The molecule has 2 saturated heterocycles. The molecule has 0 radical (unpaired) electrons. The molecule has 0 amide bonds. The van der Waals surface area contributed by atoms with E-state index in [2.05, 4.69) is 0 Å². The molecule has 0 aliphatic carbocycles. The fourth-order valence-corrected chi connectivity index (χ4v) is 3.43. The van der Waals surface area contributed by atoms with E-state index in [0.717, 1.165) is 12.1 Å². The summed E-state index contributed by atoms with van der Waals surface area (Å²) in [5, 5.41) is 80.4. The zero-order valence-corrected chi connectivity index (χ0v) is 16.5. The molecule has 2 heterocycles. The van der Waals surface area contributed by atoms with Gasteiger partial charge < -0.3 is 54.7 Å². The number of rotatable bonds is 7. The van der Waals surface area contributed by atoms with Crippen LogP contribution in [0.5, 0.6) is 5.75 Å². The molecule has 32 heavy (non-hydrogen) atoms. The van der Waals surface area contributed by atoms with E-state index in [-0.39, 0.29) is 11.4 Å². The highest BCUT2D eigenvalue weighted by molar-refractivity contribution is 5.36. The third-order valence-electron chi connectivity index (χ3n) is 5.26. The zero-order valence-electron chi connectivity index (χ0n) is 16.5. The van der Waals surface area contributed by atoms with Crippen molar-refractivity contribution in [3.63, 3.8) is 0 Å². The molecular weight excluding hydrogens is 438 g/mol. The van der Waals surface area contributed by atoms with Crippen molar-refractivity contribution in [1.29, 1.82) is 0 Å². The Morgan fingerprint density at radius 3 is 1.94 bits per heavy atom. The Morgan fingerprint density at radius 1 is 0.812 bits per heavy atom. The predicted octanol–water partition coefficient (Wildman–Crippen LogP) is -3.40. The summed E-state index contributed by atoms with van der Waals surface area (Å²) in [6, 6.07) is 4.83. The van der Waals surface area contributed by atoms with Gasteiger partial charge in [0.2, 0.25) is 6.29 Å². The number of ether oxygens (including phenoxy) is 4. The van der Waals surface area contributed by atoms with Crippen LogP contribution in [-0.4, -0.2) is 115 Å². The lowest BCUT2D eigenvalue weighted by Crippen LogP contribution is -2.65. The zero-order chi connectivity index (χ0) is 23.6. The molecule has 10 atom stereocenters. The Morgan fingerprint density at radius 2 is 1.38 bits per heavy atom. The van der Waals surface area contributed by atoms with Crippen LogP contribution in [0.25, 0.3) is 0 Å². The van der Waals surface area contributed by atoms with Crippen molar-refractivity contribution in [1.82, 2.24) is 0 Å². The van der Waals surface area contributed by atoms with Crippen LogP contribution in [0.1, 0.15) is 0 Å². The van der Waals surface area contributed by atoms with Gasteiger partial charge in [0.25, 0.3) is 5.69 Å². The Labute approximate surface area is 180 Å². The summed E-state index contributed by atoms with van der Waals surface area (Å²) < 4.78 is 21.5. The smallest absolute Gasteiger partial charge is 0.269 e. The maximum atomic E-state index is 10.7.